The molecule has 0 saturated heterocycles. The summed E-state index contributed by atoms with van der Waals surface area (Å²) in [5, 5.41) is 9.81. The Morgan fingerprint density at radius 3 is 1.74 bits per heavy atom. The molecule has 0 unspecified atom stereocenters. The predicted octanol–water partition coefficient (Wildman–Crippen LogP) is 7.24. The number of amidine groups is 1. The summed E-state index contributed by atoms with van der Waals surface area (Å²) in [7, 11) is 9.78. The molecular formula is C22H36Cl2N2Ti-2. The minimum atomic E-state index is -0.556. The van der Waals surface area contributed by atoms with Gasteiger partial charge < -0.3 is 17.7 Å². The quantitative estimate of drug-likeness (QED) is 0.347. The Morgan fingerprint density at radius 2 is 1.37 bits per heavy atom. The van der Waals surface area contributed by atoms with E-state index in [-0.39, 0.29) is 7.43 Å². The third-order valence-corrected chi connectivity index (χ3v) is 6.56. The molecule has 1 aliphatic carbocycles. The molecule has 0 amide bonds. The van der Waals surface area contributed by atoms with Crippen LogP contribution in [-0.4, -0.2) is 17.3 Å². The van der Waals surface area contributed by atoms with Gasteiger partial charge in [-0.25, -0.2) is 0 Å². The molecule has 0 N–H and O–H groups in total. The first-order valence-electron chi connectivity index (χ1n) is 9.65. The minimum absolute atomic E-state index is 0. The molecule has 0 radical (unpaired) electrons. The van der Waals surface area contributed by atoms with Gasteiger partial charge in [0.05, 0.1) is 0 Å². The van der Waals surface area contributed by atoms with E-state index in [1.165, 1.54) is 5.56 Å². The van der Waals surface area contributed by atoms with E-state index >= 15 is 0 Å². The van der Waals surface area contributed by atoms with Crippen molar-refractivity contribution >= 4 is 24.4 Å². The average Bonchev–Trinajstić information content (AvgIpc) is 3.03. The predicted molar refractivity (Wildman–Crippen MR) is 119 cm³/mol. The monoisotopic (exact) mass is 446 g/mol. The summed E-state index contributed by atoms with van der Waals surface area (Å²) in [6, 6.07) is 8.02. The average molecular weight is 447 g/mol. The molecule has 0 aromatic heterocycles. The van der Waals surface area contributed by atoms with Crippen molar-refractivity contribution in [2.75, 3.05) is 6.54 Å². The summed E-state index contributed by atoms with van der Waals surface area (Å²) in [6.45, 7) is 15.9. The topological polar surface area (TPSA) is 25.5 Å². The number of fused-ring (bicyclic) bond motifs is 1. The van der Waals surface area contributed by atoms with Gasteiger partial charge in [0.2, 0.25) is 0 Å². The van der Waals surface area contributed by atoms with Gasteiger partial charge in [0, 0.05) is 0 Å². The molecule has 1 aromatic carbocycles. The number of rotatable bonds is 2. The molecule has 3 rings (SSSR count). The first-order chi connectivity index (χ1) is 12.3. The molecular weight excluding hydrogens is 411 g/mol. The van der Waals surface area contributed by atoms with E-state index in [4.69, 9.17) is 18.6 Å². The Labute approximate surface area is 184 Å². The van der Waals surface area contributed by atoms with E-state index in [0.29, 0.717) is 5.84 Å². The van der Waals surface area contributed by atoms with Gasteiger partial charge in [0.25, 0.3) is 0 Å². The van der Waals surface area contributed by atoms with Crippen molar-refractivity contribution in [1.82, 2.24) is 4.90 Å². The van der Waals surface area contributed by atoms with Crippen LogP contribution in [0.5, 0.6) is 0 Å². The summed E-state index contributed by atoms with van der Waals surface area (Å²) in [6.07, 6.45) is 1.07. The van der Waals surface area contributed by atoms with Gasteiger partial charge in [0.1, 0.15) is 0 Å². The van der Waals surface area contributed by atoms with Crippen LogP contribution in [0.2, 0.25) is 0 Å². The summed E-state index contributed by atoms with van der Waals surface area (Å²) in [5.74, 6) is 5.12. The third kappa shape index (κ3) is 7.07. The van der Waals surface area contributed by atoms with E-state index in [0.717, 1.165) is 54.7 Å². The van der Waals surface area contributed by atoms with Gasteiger partial charge in [-0.05, 0) is 53.8 Å². The van der Waals surface area contributed by atoms with Crippen LogP contribution in [-0.2, 0) is 23.6 Å². The van der Waals surface area contributed by atoms with Crippen molar-refractivity contribution in [1.29, 1.82) is 0 Å². The van der Waals surface area contributed by atoms with Crippen molar-refractivity contribution in [3.63, 3.8) is 0 Å². The van der Waals surface area contributed by atoms with Crippen molar-refractivity contribution in [2.45, 2.75) is 54.5 Å². The summed E-state index contributed by atoms with van der Waals surface area (Å²) >= 11 is -0.556. The van der Waals surface area contributed by atoms with Crippen LogP contribution in [0.15, 0.2) is 24.3 Å². The van der Waals surface area contributed by atoms with Crippen LogP contribution in [0.25, 0.3) is 5.41 Å². The van der Waals surface area contributed by atoms with Crippen molar-refractivity contribution in [3.8, 4) is 0 Å². The third-order valence-electron chi connectivity index (χ3n) is 6.56. The molecule has 0 bridgehead atoms. The van der Waals surface area contributed by atoms with Crippen LogP contribution < -0.4 is 0 Å². The number of halogens is 2. The van der Waals surface area contributed by atoms with E-state index < -0.39 is 17.0 Å². The summed E-state index contributed by atoms with van der Waals surface area (Å²) in [5.41, 5.74) is 2.23. The molecule has 1 saturated carbocycles. The number of hydrogen-bond acceptors (Lipinski definition) is 0. The van der Waals surface area contributed by atoms with E-state index in [1.807, 2.05) is 23.1 Å². The van der Waals surface area contributed by atoms with Crippen molar-refractivity contribution < 1.29 is 17.0 Å². The molecule has 0 atom stereocenters. The second-order valence-electron chi connectivity index (χ2n) is 7.77. The zero-order chi connectivity index (χ0) is 19.9. The Kier molecular flexibility index (Phi) is 13.2. The van der Waals surface area contributed by atoms with Gasteiger partial charge in [0.15, 0.2) is 0 Å². The van der Waals surface area contributed by atoms with Crippen LogP contribution in [0, 0.1) is 37.0 Å². The van der Waals surface area contributed by atoms with Crippen LogP contribution >= 0.6 is 18.6 Å². The van der Waals surface area contributed by atoms with E-state index in [2.05, 4.69) is 47.6 Å². The first-order valence-corrected chi connectivity index (χ1v) is 13.9. The van der Waals surface area contributed by atoms with E-state index in [1.54, 1.807) is 0 Å². The molecule has 1 aromatic rings. The van der Waals surface area contributed by atoms with Gasteiger partial charge in [-0.1, -0.05) is 78.1 Å². The molecule has 154 valence electrons. The zero-order valence-corrected chi connectivity index (χ0v) is 21.0. The van der Waals surface area contributed by atoms with Crippen molar-refractivity contribution in [2.24, 2.45) is 29.6 Å². The Hall–Kier alpha value is -0.0157. The fourth-order valence-corrected chi connectivity index (χ4v) is 4.18. The van der Waals surface area contributed by atoms with Crippen molar-refractivity contribution in [3.05, 3.63) is 48.2 Å². The molecule has 2 nitrogen and oxygen atoms in total. The van der Waals surface area contributed by atoms with Gasteiger partial charge >= 0.3 is 35.6 Å². The normalized spacial score (nSPS) is 28.2. The first kappa shape index (κ1) is 27.0. The fourth-order valence-electron chi connectivity index (χ4n) is 4.18. The maximum absolute atomic E-state index is 9.81. The Balaban J connectivity index is 0.000000435. The molecule has 1 heterocycles. The molecule has 5 heteroatoms. The SMILES string of the molecule is CC1C(C)C(C)C(C)C1C.CCCN1Cc2ccccc2C1=[N-].[CH3-].[Cl][Ti][Cl]. The number of nitrogens with zero attached hydrogens (tertiary/aromatic N) is 2. The Morgan fingerprint density at radius 1 is 0.963 bits per heavy atom. The van der Waals surface area contributed by atoms with Gasteiger partial charge in [-0.15, -0.1) is 0 Å². The summed E-state index contributed by atoms with van der Waals surface area (Å²) in [4.78, 5) is 2.02. The van der Waals surface area contributed by atoms with Gasteiger partial charge in [-0.2, -0.15) is 0 Å². The second kappa shape index (κ2) is 13.3. The molecule has 27 heavy (non-hydrogen) atoms. The standard InChI is InChI=1S/C11H13N2.C10H20.CH3.2ClH.Ti/c1-2-7-13-8-9-5-3-4-6-10(9)11(13)12;1-6-7(2)9(4)10(5)8(6)3;;;;/h3-6H,2,7-8H2,1H3;6-10H,1-5H3;1H3;2*1H;/q-1;;-1;;;+2/p-2. The molecule has 1 fully saturated rings. The molecule has 2 aliphatic rings. The Bertz CT molecular complexity index is 522. The summed E-state index contributed by atoms with van der Waals surface area (Å²) < 4.78 is 0. The number of hydrogen-bond donors (Lipinski definition) is 0. The number of benzene rings is 1. The molecule has 0 spiro atoms. The van der Waals surface area contributed by atoms with Crippen LogP contribution in [0.1, 0.15) is 59.1 Å². The van der Waals surface area contributed by atoms with Crippen LogP contribution in [0.3, 0.4) is 0 Å². The van der Waals surface area contributed by atoms with Crippen LogP contribution in [0.4, 0.5) is 0 Å². The maximum atomic E-state index is 9.81. The second-order valence-corrected chi connectivity index (χ2v) is 10.3. The fraction of sp³-hybridized carbons (Fsp3) is 0.636. The van der Waals surface area contributed by atoms with Gasteiger partial charge in [-0.3, -0.25) is 0 Å². The zero-order valence-electron chi connectivity index (χ0n) is 18.0. The molecule has 1 aliphatic heterocycles. The van der Waals surface area contributed by atoms with E-state index in [9.17, 15) is 5.41 Å².